The minimum atomic E-state index is -0.407. The Balaban J connectivity index is 2.69. The lowest BCUT2D eigenvalue weighted by Crippen LogP contribution is -2.12. The number of H-pyrrole nitrogens is 1. The zero-order valence-electron chi connectivity index (χ0n) is 9.61. The predicted molar refractivity (Wildman–Crippen MR) is 64.5 cm³/mol. The van der Waals surface area contributed by atoms with E-state index < -0.39 is 5.56 Å². The van der Waals surface area contributed by atoms with E-state index in [0.717, 1.165) is 16.7 Å². The van der Waals surface area contributed by atoms with Gasteiger partial charge in [0.15, 0.2) is 0 Å². The first-order chi connectivity index (χ1) is 8.13. The molecule has 0 aliphatic heterocycles. The van der Waals surface area contributed by atoms with Crippen LogP contribution in [0.3, 0.4) is 0 Å². The molecule has 1 heterocycles. The molecule has 0 radical (unpaired) electrons. The monoisotopic (exact) mass is 225 g/mol. The molecule has 1 aromatic heterocycles. The Labute approximate surface area is 98.6 Å². The van der Waals surface area contributed by atoms with Gasteiger partial charge in [0.25, 0.3) is 5.56 Å². The quantitative estimate of drug-likeness (QED) is 0.806. The Kier molecular flexibility index (Phi) is 2.75. The van der Waals surface area contributed by atoms with E-state index in [0.29, 0.717) is 5.69 Å². The number of hydrogen-bond donors (Lipinski definition) is 1. The molecule has 0 aliphatic carbocycles. The molecule has 1 aromatic carbocycles. The van der Waals surface area contributed by atoms with E-state index in [9.17, 15) is 4.79 Å². The smallest absolute Gasteiger partial charge is 0.269 e. The SMILES string of the molecule is Cc1ccc(-c2nc[nH]c(=O)c2C#N)cc1C. The van der Waals surface area contributed by atoms with Gasteiger partial charge in [-0.25, -0.2) is 4.98 Å². The lowest BCUT2D eigenvalue weighted by atomic mass is 10.0. The minimum Gasteiger partial charge on any atom is -0.312 e. The first kappa shape index (κ1) is 11.1. The van der Waals surface area contributed by atoms with Crippen LogP contribution < -0.4 is 5.56 Å². The largest absolute Gasteiger partial charge is 0.312 e. The average molecular weight is 225 g/mol. The van der Waals surface area contributed by atoms with Crippen LogP contribution in [-0.2, 0) is 0 Å². The molecule has 0 bridgehead atoms. The summed E-state index contributed by atoms with van der Waals surface area (Å²) in [6.45, 7) is 3.99. The summed E-state index contributed by atoms with van der Waals surface area (Å²) in [6.07, 6.45) is 1.31. The maximum absolute atomic E-state index is 11.5. The van der Waals surface area contributed by atoms with Crippen molar-refractivity contribution in [2.24, 2.45) is 0 Å². The van der Waals surface area contributed by atoms with Gasteiger partial charge in [-0.1, -0.05) is 12.1 Å². The van der Waals surface area contributed by atoms with Gasteiger partial charge in [-0.05, 0) is 31.0 Å². The van der Waals surface area contributed by atoms with Gasteiger partial charge in [0.2, 0.25) is 0 Å². The van der Waals surface area contributed by atoms with Crippen LogP contribution in [-0.4, -0.2) is 9.97 Å². The number of nitrogens with one attached hydrogen (secondary N) is 1. The molecular weight excluding hydrogens is 214 g/mol. The van der Waals surface area contributed by atoms with Gasteiger partial charge in [-0.3, -0.25) is 4.79 Å². The molecule has 0 saturated heterocycles. The molecule has 4 nitrogen and oxygen atoms in total. The van der Waals surface area contributed by atoms with E-state index in [-0.39, 0.29) is 5.56 Å². The Bertz CT molecular complexity index is 665. The van der Waals surface area contributed by atoms with Crippen molar-refractivity contribution in [2.75, 3.05) is 0 Å². The highest BCUT2D eigenvalue weighted by molar-refractivity contribution is 5.66. The summed E-state index contributed by atoms with van der Waals surface area (Å²) in [5.74, 6) is 0. The maximum atomic E-state index is 11.5. The second kappa shape index (κ2) is 4.22. The number of rotatable bonds is 1. The number of aromatic amines is 1. The van der Waals surface area contributed by atoms with E-state index >= 15 is 0 Å². The van der Waals surface area contributed by atoms with Crippen molar-refractivity contribution in [3.05, 3.63) is 51.6 Å². The summed E-state index contributed by atoms with van der Waals surface area (Å²) in [5, 5.41) is 8.97. The summed E-state index contributed by atoms with van der Waals surface area (Å²) in [4.78, 5) is 17.9. The first-order valence-corrected chi connectivity index (χ1v) is 5.19. The van der Waals surface area contributed by atoms with Crippen LogP contribution >= 0.6 is 0 Å². The van der Waals surface area contributed by atoms with Crippen LogP contribution in [0.25, 0.3) is 11.3 Å². The third-order valence-electron chi connectivity index (χ3n) is 2.75. The molecule has 0 unspecified atom stereocenters. The summed E-state index contributed by atoms with van der Waals surface area (Å²) < 4.78 is 0. The van der Waals surface area contributed by atoms with Gasteiger partial charge < -0.3 is 4.98 Å². The molecule has 2 aromatic rings. The highest BCUT2D eigenvalue weighted by Gasteiger charge is 2.10. The maximum Gasteiger partial charge on any atom is 0.269 e. The number of nitrogens with zero attached hydrogens (tertiary/aromatic N) is 2. The van der Waals surface area contributed by atoms with Crippen LogP contribution in [0.4, 0.5) is 0 Å². The van der Waals surface area contributed by atoms with Crippen molar-refractivity contribution in [2.45, 2.75) is 13.8 Å². The molecule has 0 atom stereocenters. The van der Waals surface area contributed by atoms with Gasteiger partial charge in [0.05, 0.1) is 12.0 Å². The fourth-order valence-electron chi connectivity index (χ4n) is 1.61. The fraction of sp³-hybridized carbons (Fsp3) is 0.154. The number of aryl methyl sites for hydroxylation is 2. The van der Waals surface area contributed by atoms with E-state index in [2.05, 4.69) is 9.97 Å². The Morgan fingerprint density at radius 3 is 2.71 bits per heavy atom. The zero-order chi connectivity index (χ0) is 12.4. The molecule has 0 fully saturated rings. The third kappa shape index (κ3) is 1.95. The molecule has 0 amide bonds. The van der Waals surface area contributed by atoms with E-state index in [4.69, 9.17) is 5.26 Å². The molecule has 0 saturated carbocycles. The van der Waals surface area contributed by atoms with Crippen LogP contribution in [0.5, 0.6) is 0 Å². The third-order valence-corrected chi connectivity index (χ3v) is 2.75. The molecule has 0 aliphatic rings. The van der Waals surface area contributed by atoms with Crippen molar-refractivity contribution in [3.63, 3.8) is 0 Å². The number of hydrogen-bond acceptors (Lipinski definition) is 3. The minimum absolute atomic E-state index is 0.0516. The average Bonchev–Trinajstić information content (AvgIpc) is 2.32. The zero-order valence-corrected chi connectivity index (χ0v) is 9.61. The van der Waals surface area contributed by atoms with E-state index in [1.165, 1.54) is 6.33 Å². The molecule has 4 heteroatoms. The van der Waals surface area contributed by atoms with Gasteiger partial charge >= 0.3 is 0 Å². The van der Waals surface area contributed by atoms with Crippen LogP contribution in [0.1, 0.15) is 16.7 Å². The number of nitriles is 1. The normalized spacial score (nSPS) is 9.94. The second-order valence-corrected chi connectivity index (χ2v) is 3.87. The second-order valence-electron chi connectivity index (χ2n) is 3.87. The number of aromatic nitrogens is 2. The molecular formula is C13H11N3O. The Hall–Kier alpha value is -2.41. The van der Waals surface area contributed by atoms with Crippen molar-refractivity contribution >= 4 is 0 Å². The highest BCUT2D eigenvalue weighted by atomic mass is 16.1. The Morgan fingerprint density at radius 1 is 1.29 bits per heavy atom. The van der Waals surface area contributed by atoms with Gasteiger partial charge in [-0.2, -0.15) is 5.26 Å². The predicted octanol–water partition coefficient (Wildman–Crippen LogP) is 1.93. The van der Waals surface area contributed by atoms with Crippen molar-refractivity contribution in [3.8, 4) is 17.3 Å². The van der Waals surface area contributed by atoms with Gasteiger partial charge in [0.1, 0.15) is 11.6 Å². The summed E-state index contributed by atoms with van der Waals surface area (Å²) in [6, 6.07) is 7.64. The molecule has 2 rings (SSSR count). The highest BCUT2D eigenvalue weighted by Crippen LogP contribution is 2.21. The summed E-state index contributed by atoms with van der Waals surface area (Å²) in [5.41, 5.74) is 3.13. The van der Waals surface area contributed by atoms with E-state index in [1.807, 2.05) is 38.1 Å². The molecule has 0 spiro atoms. The lowest BCUT2D eigenvalue weighted by molar-refractivity contribution is 1.10. The summed E-state index contributed by atoms with van der Waals surface area (Å²) in [7, 11) is 0. The van der Waals surface area contributed by atoms with Crippen molar-refractivity contribution < 1.29 is 0 Å². The van der Waals surface area contributed by atoms with Gasteiger partial charge in [0, 0.05) is 5.56 Å². The fourth-order valence-corrected chi connectivity index (χ4v) is 1.61. The first-order valence-electron chi connectivity index (χ1n) is 5.19. The molecule has 17 heavy (non-hydrogen) atoms. The number of benzene rings is 1. The topological polar surface area (TPSA) is 69.5 Å². The van der Waals surface area contributed by atoms with Crippen molar-refractivity contribution in [1.82, 2.24) is 9.97 Å². The van der Waals surface area contributed by atoms with Crippen LogP contribution in [0.15, 0.2) is 29.3 Å². The van der Waals surface area contributed by atoms with Crippen LogP contribution in [0.2, 0.25) is 0 Å². The van der Waals surface area contributed by atoms with E-state index in [1.54, 1.807) is 0 Å². The van der Waals surface area contributed by atoms with Crippen LogP contribution in [0, 0.1) is 25.2 Å². The molecule has 84 valence electrons. The summed E-state index contributed by atoms with van der Waals surface area (Å²) >= 11 is 0. The molecule has 1 N–H and O–H groups in total. The van der Waals surface area contributed by atoms with Crippen molar-refractivity contribution in [1.29, 1.82) is 5.26 Å². The lowest BCUT2D eigenvalue weighted by Gasteiger charge is -2.05. The Morgan fingerprint density at radius 2 is 2.06 bits per heavy atom. The van der Waals surface area contributed by atoms with Gasteiger partial charge in [-0.15, -0.1) is 0 Å². The standard InChI is InChI=1S/C13H11N3O/c1-8-3-4-10(5-9(8)2)12-11(6-14)13(17)16-7-15-12/h3-5,7H,1-2H3,(H,15,16,17).